The highest BCUT2D eigenvalue weighted by Crippen LogP contribution is 2.10. The Hall–Kier alpha value is -2.69. The summed E-state index contributed by atoms with van der Waals surface area (Å²) in [5, 5.41) is 4.17. The number of fused-ring (bicyclic) bond motifs is 1. The summed E-state index contributed by atoms with van der Waals surface area (Å²) in [6.45, 7) is 3.20. The van der Waals surface area contributed by atoms with Crippen molar-refractivity contribution in [3.05, 3.63) is 66.1 Å². The van der Waals surface area contributed by atoms with E-state index in [-0.39, 0.29) is 5.91 Å². The van der Waals surface area contributed by atoms with Crippen LogP contribution in [0.3, 0.4) is 0 Å². The van der Waals surface area contributed by atoms with Gasteiger partial charge in [-0.15, -0.1) is 0 Å². The van der Waals surface area contributed by atoms with Gasteiger partial charge in [0.1, 0.15) is 5.69 Å². The van der Waals surface area contributed by atoms with Crippen LogP contribution in [-0.2, 0) is 6.54 Å². The number of hydrogen-bond donors (Lipinski definition) is 0. The molecule has 0 bridgehead atoms. The average Bonchev–Trinajstić information content (AvgIpc) is 3.01. The average molecular weight is 280 g/mol. The lowest BCUT2D eigenvalue weighted by atomic mass is 10.2. The third-order valence-electron chi connectivity index (χ3n) is 3.39. The Morgan fingerprint density at radius 2 is 1.95 bits per heavy atom. The van der Waals surface area contributed by atoms with Crippen LogP contribution in [-0.4, -0.2) is 31.9 Å². The summed E-state index contributed by atoms with van der Waals surface area (Å²) >= 11 is 0. The molecule has 2 heterocycles. The normalized spacial score (nSPS) is 10.7. The lowest BCUT2D eigenvalue weighted by Gasteiger charge is -2.21. The predicted octanol–water partition coefficient (Wildman–Crippen LogP) is 2.39. The van der Waals surface area contributed by atoms with E-state index in [4.69, 9.17) is 0 Å². The van der Waals surface area contributed by atoms with E-state index in [9.17, 15) is 4.79 Å². The van der Waals surface area contributed by atoms with Crippen LogP contribution in [0.1, 0.15) is 23.0 Å². The molecule has 0 aliphatic rings. The minimum atomic E-state index is -0.0440. The lowest BCUT2D eigenvalue weighted by molar-refractivity contribution is 0.0743. The van der Waals surface area contributed by atoms with Gasteiger partial charge in [-0.1, -0.05) is 30.3 Å². The van der Waals surface area contributed by atoms with Crippen molar-refractivity contribution >= 4 is 11.6 Å². The third-order valence-corrected chi connectivity index (χ3v) is 3.39. The summed E-state index contributed by atoms with van der Waals surface area (Å²) in [6, 6.07) is 13.5. The molecule has 1 aromatic carbocycles. The maximum atomic E-state index is 12.7. The van der Waals surface area contributed by atoms with Gasteiger partial charge in [-0.25, -0.2) is 9.50 Å². The fourth-order valence-electron chi connectivity index (χ4n) is 2.29. The van der Waals surface area contributed by atoms with Gasteiger partial charge in [0, 0.05) is 25.4 Å². The van der Waals surface area contributed by atoms with Crippen LogP contribution in [0, 0.1) is 0 Å². The summed E-state index contributed by atoms with van der Waals surface area (Å²) < 4.78 is 1.58. The van der Waals surface area contributed by atoms with E-state index in [1.165, 1.54) is 0 Å². The van der Waals surface area contributed by atoms with Crippen LogP contribution in [0.15, 0.2) is 54.9 Å². The summed E-state index contributed by atoms with van der Waals surface area (Å²) in [7, 11) is 0. The smallest absolute Gasteiger partial charge is 0.272 e. The van der Waals surface area contributed by atoms with Crippen molar-refractivity contribution in [3.8, 4) is 0 Å². The molecule has 0 radical (unpaired) electrons. The van der Waals surface area contributed by atoms with Crippen molar-refractivity contribution < 1.29 is 4.79 Å². The van der Waals surface area contributed by atoms with Crippen molar-refractivity contribution in [3.63, 3.8) is 0 Å². The first-order valence-corrected chi connectivity index (χ1v) is 6.91. The molecular weight excluding hydrogens is 264 g/mol. The molecule has 3 aromatic rings. The van der Waals surface area contributed by atoms with Gasteiger partial charge < -0.3 is 4.90 Å². The quantitative estimate of drug-likeness (QED) is 0.737. The van der Waals surface area contributed by atoms with Crippen molar-refractivity contribution in [2.45, 2.75) is 13.5 Å². The number of rotatable bonds is 4. The van der Waals surface area contributed by atoms with Crippen LogP contribution in [0.25, 0.3) is 5.65 Å². The number of aromatic nitrogens is 3. The standard InChI is InChI=1S/C16H16N4O/c1-2-19(12-13-6-4-3-5-7-13)16(21)14-8-10-17-15-9-11-18-20(14)15/h3-11H,2,12H2,1H3. The molecular formula is C16H16N4O. The molecule has 0 aliphatic carbocycles. The highest BCUT2D eigenvalue weighted by Gasteiger charge is 2.18. The van der Waals surface area contributed by atoms with E-state index in [1.54, 1.807) is 33.9 Å². The minimum absolute atomic E-state index is 0.0440. The Kier molecular flexibility index (Phi) is 3.64. The molecule has 0 unspecified atom stereocenters. The molecule has 5 nitrogen and oxygen atoms in total. The number of carbonyl (C=O) groups is 1. The number of hydrogen-bond acceptors (Lipinski definition) is 3. The fraction of sp³-hybridized carbons (Fsp3) is 0.188. The van der Waals surface area contributed by atoms with Crippen LogP contribution in [0.2, 0.25) is 0 Å². The SMILES string of the molecule is CCN(Cc1ccccc1)C(=O)c1ccnc2ccnn12. The van der Waals surface area contributed by atoms with Gasteiger partial charge in [0.15, 0.2) is 5.65 Å². The Morgan fingerprint density at radius 3 is 2.71 bits per heavy atom. The second kappa shape index (κ2) is 5.75. The molecule has 21 heavy (non-hydrogen) atoms. The van der Waals surface area contributed by atoms with Crippen molar-refractivity contribution in [1.82, 2.24) is 19.5 Å². The van der Waals surface area contributed by atoms with Gasteiger partial charge in [0.2, 0.25) is 0 Å². The Morgan fingerprint density at radius 1 is 1.14 bits per heavy atom. The molecule has 1 amide bonds. The zero-order valence-electron chi connectivity index (χ0n) is 11.8. The largest absolute Gasteiger partial charge is 0.333 e. The highest BCUT2D eigenvalue weighted by molar-refractivity contribution is 5.93. The van der Waals surface area contributed by atoms with E-state index >= 15 is 0 Å². The van der Waals surface area contributed by atoms with Gasteiger partial charge in [0.25, 0.3) is 5.91 Å². The molecule has 106 valence electrons. The van der Waals surface area contributed by atoms with Gasteiger partial charge in [-0.3, -0.25) is 4.79 Å². The molecule has 2 aromatic heterocycles. The number of benzene rings is 1. The second-order valence-electron chi connectivity index (χ2n) is 4.74. The summed E-state index contributed by atoms with van der Waals surface area (Å²) in [6.07, 6.45) is 3.28. The summed E-state index contributed by atoms with van der Waals surface area (Å²) in [5.41, 5.74) is 2.32. The first-order chi connectivity index (χ1) is 10.3. The number of carbonyl (C=O) groups excluding carboxylic acids is 1. The topological polar surface area (TPSA) is 50.5 Å². The molecule has 0 atom stereocenters. The molecule has 0 spiro atoms. The van der Waals surface area contributed by atoms with Crippen LogP contribution < -0.4 is 0 Å². The van der Waals surface area contributed by atoms with E-state index in [0.717, 1.165) is 5.56 Å². The first kappa shape index (κ1) is 13.3. The molecule has 0 saturated carbocycles. The Balaban J connectivity index is 1.90. The van der Waals surface area contributed by atoms with Crippen molar-refractivity contribution in [2.24, 2.45) is 0 Å². The Bertz CT molecular complexity index is 751. The minimum Gasteiger partial charge on any atom is -0.333 e. The second-order valence-corrected chi connectivity index (χ2v) is 4.74. The van der Waals surface area contributed by atoms with Crippen LogP contribution in [0.5, 0.6) is 0 Å². The van der Waals surface area contributed by atoms with Gasteiger partial charge in [-0.05, 0) is 18.6 Å². The number of nitrogens with zero attached hydrogens (tertiary/aromatic N) is 4. The van der Waals surface area contributed by atoms with E-state index < -0.39 is 0 Å². The maximum Gasteiger partial charge on any atom is 0.272 e. The summed E-state index contributed by atoms with van der Waals surface area (Å²) in [4.78, 5) is 18.7. The van der Waals surface area contributed by atoms with Crippen LogP contribution in [0.4, 0.5) is 0 Å². The maximum absolute atomic E-state index is 12.7. The molecule has 0 fully saturated rings. The molecule has 5 heteroatoms. The molecule has 0 saturated heterocycles. The van der Waals surface area contributed by atoms with E-state index in [0.29, 0.717) is 24.4 Å². The third kappa shape index (κ3) is 2.63. The highest BCUT2D eigenvalue weighted by atomic mass is 16.2. The monoisotopic (exact) mass is 280 g/mol. The van der Waals surface area contributed by atoms with Crippen LogP contribution >= 0.6 is 0 Å². The van der Waals surface area contributed by atoms with Gasteiger partial charge in [0.05, 0.1) is 6.20 Å². The zero-order chi connectivity index (χ0) is 14.7. The van der Waals surface area contributed by atoms with E-state index in [2.05, 4.69) is 10.1 Å². The Labute approximate surface area is 122 Å². The van der Waals surface area contributed by atoms with Crippen molar-refractivity contribution in [2.75, 3.05) is 6.54 Å². The van der Waals surface area contributed by atoms with Gasteiger partial charge >= 0.3 is 0 Å². The predicted molar refractivity (Wildman–Crippen MR) is 79.8 cm³/mol. The van der Waals surface area contributed by atoms with Gasteiger partial charge in [-0.2, -0.15) is 5.10 Å². The summed E-state index contributed by atoms with van der Waals surface area (Å²) in [5.74, 6) is -0.0440. The molecule has 0 N–H and O–H groups in total. The molecule has 0 aliphatic heterocycles. The fourth-order valence-corrected chi connectivity index (χ4v) is 2.29. The van der Waals surface area contributed by atoms with Crippen molar-refractivity contribution in [1.29, 1.82) is 0 Å². The number of amides is 1. The van der Waals surface area contributed by atoms with E-state index in [1.807, 2.05) is 37.3 Å². The zero-order valence-corrected chi connectivity index (χ0v) is 11.8. The first-order valence-electron chi connectivity index (χ1n) is 6.91. The molecule has 3 rings (SSSR count). The lowest BCUT2D eigenvalue weighted by Crippen LogP contribution is -2.31.